The third-order valence-electron chi connectivity index (χ3n) is 5.50. The number of hydrogen-bond donors (Lipinski definition) is 0. The van der Waals surface area contributed by atoms with E-state index in [9.17, 15) is 8.42 Å². The third kappa shape index (κ3) is 4.79. The summed E-state index contributed by atoms with van der Waals surface area (Å²) in [5.41, 5.74) is 4.90. The van der Waals surface area contributed by atoms with Crippen molar-refractivity contribution >= 4 is 42.2 Å². The van der Waals surface area contributed by atoms with Gasteiger partial charge in [0.2, 0.25) is 0 Å². The Hall–Kier alpha value is -1.70. The average molecular weight is 506 g/mol. The predicted molar refractivity (Wildman–Crippen MR) is 127 cm³/mol. The Morgan fingerprint density at radius 1 is 1.07 bits per heavy atom. The summed E-state index contributed by atoms with van der Waals surface area (Å²) in [5, 5.41) is 2.79. The van der Waals surface area contributed by atoms with Crippen LogP contribution in [0.3, 0.4) is 0 Å². The van der Waals surface area contributed by atoms with Gasteiger partial charge in [0.05, 0.1) is 15.8 Å². The number of anilines is 1. The molecule has 4 nitrogen and oxygen atoms in total. The van der Waals surface area contributed by atoms with Crippen LogP contribution in [0, 0.1) is 13.8 Å². The van der Waals surface area contributed by atoms with Crippen LogP contribution in [0.25, 0.3) is 0 Å². The minimum atomic E-state index is -3.29. The lowest BCUT2D eigenvalue weighted by Crippen LogP contribution is -2.39. The lowest BCUT2D eigenvalue weighted by atomic mass is 10.0. The van der Waals surface area contributed by atoms with Gasteiger partial charge in [-0.2, -0.15) is 0 Å². The summed E-state index contributed by atoms with van der Waals surface area (Å²) in [6.45, 7) is 5.68. The van der Waals surface area contributed by atoms with Gasteiger partial charge < -0.3 is 4.90 Å². The number of hydrogen-bond acceptors (Lipinski definition) is 5. The van der Waals surface area contributed by atoms with Crippen LogP contribution >= 0.6 is 27.3 Å². The van der Waals surface area contributed by atoms with E-state index >= 15 is 0 Å². The molecule has 30 heavy (non-hydrogen) atoms. The highest BCUT2D eigenvalue weighted by Crippen LogP contribution is 2.30. The second-order valence-corrected chi connectivity index (χ2v) is 12.0. The van der Waals surface area contributed by atoms with E-state index in [1.807, 2.05) is 0 Å². The summed E-state index contributed by atoms with van der Waals surface area (Å²) in [5.74, 6) is 0. The molecule has 0 aliphatic carbocycles. The number of piperidine rings is 1. The van der Waals surface area contributed by atoms with Gasteiger partial charge in [-0.25, -0.2) is 13.4 Å². The molecule has 0 atom stereocenters. The van der Waals surface area contributed by atoms with E-state index < -0.39 is 9.84 Å². The van der Waals surface area contributed by atoms with E-state index in [4.69, 9.17) is 4.98 Å². The number of halogens is 1. The number of sulfone groups is 1. The second kappa shape index (κ2) is 8.81. The fraction of sp³-hybridized carbons (Fsp3) is 0.348. The highest BCUT2D eigenvalue weighted by molar-refractivity contribution is 9.10. The molecule has 0 radical (unpaired) electrons. The maximum atomic E-state index is 13.0. The highest BCUT2D eigenvalue weighted by atomic mass is 79.9. The molecule has 2 aromatic carbocycles. The van der Waals surface area contributed by atoms with Crippen LogP contribution in [0.2, 0.25) is 0 Å². The molecule has 0 unspecified atom stereocenters. The lowest BCUT2D eigenvalue weighted by Gasteiger charge is -2.31. The summed E-state index contributed by atoms with van der Waals surface area (Å²) in [6, 6.07) is 13.6. The van der Waals surface area contributed by atoms with Crippen LogP contribution in [0.5, 0.6) is 0 Å². The number of thiazole rings is 1. The summed E-state index contributed by atoms with van der Waals surface area (Å²) in [6.07, 6.45) is 2.09. The number of nitrogens with zero attached hydrogens (tertiary/aromatic N) is 2. The van der Waals surface area contributed by atoms with Crippen molar-refractivity contribution in [3.63, 3.8) is 0 Å². The largest absolute Gasteiger partial charge is 0.348 e. The van der Waals surface area contributed by atoms with Crippen molar-refractivity contribution in [1.29, 1.82) is 0 Å². The molecular weight excluding hydrogens is 480 g/mol. The van der Waals surface area contributed by atoms with Gasteiger partial charge in [-0.15, -0.1) is 11.3 Å². The first-order valence-electron chi connectivity index (χ1n) is 10.1. The van der Waals surface area contributed by atoms with Crippen LogP contribution in [0.15, 0.2) is 57.2 Å². The maximum Gasteiger partial charge on any atom is 0.185 e. The Morgan fingerprint density at radius 2 is 1.70 bits per heavy atom. The van der Waals surface area contributed by atoms with Crippen LogP contribution in [0.4, 0.5) is 5.13 Å². The van der Waals surface area contributed by atoms with Crippen LogP contribution in [-0.4, -0.2) is 31.7 Å². The van der Waals surface area contributed by atoms with E-state index in [1.165, 1.54) is 16.7 Å². The van der Waals surface area contributed by atoms with Gasteiger partial charge in [-0.05, 0) is 56.5 Å². The molecule has 1 aromatic heterocycles. The fourth-order valence-electron chi connectivity index (χ4n) is 4.08. The smallest absolute Gasteiger partial charge is 0.185 e. The zero-order valence-electron chi connectivity index (χ0n) is 17.1. The van der Waals surface area contributed by atoms with Gasteiger partial charge in [-0.1, -0.05) is 45.3 Å². The lowest BCUT2D eigenvalue weighted by molar-refractivity contribution is 0.529. The molecule has 2 heterocycles. The molecule has 158 valence electrons. The first-order chi connectivity index (χ1) is 14.3. The molecule has 3 aromatic rings. The van der Waals surface area contributed by atoms with Crippen molar-refractivity contribution < 1.29 is 8.42 Å². The maximum absolute atomic E-state index is 13.0. The van der Waals surface area contributed by atoms with Crippen molar-refractivity contribution in [2.45, 2.75) is 43.3 Å². The van der Waals surface area contributed by atoms with Gasteiger partial charge in [0, 0.05) is 29.4 Å². The van der Waals surface area contributed by atoms with Gasteiger partial charge in [-0.3, -0.25) is 0 Å². The van der Waals surface area contributed by atoms with E-state index in [0.29, 0.717) is 17.7 Å². The van der Waals surface area contributed by atoms with E-state index in [2.05, 4.69) is 58.3 Å². The number of benzene rings is 2. The Morgan fingerprint density at radius 3 is 2.33 bits per heavy atom. The van der Waals surface area contributed by atoms with Gasteiger partial charge in [0.15, 0.2) is 15.0 Å². The van der Waals surface area contributed by atoms with E-state index in [0.717, 1.165) is 34.8 Å². The van der Waals surface area contributed by atoms with E-state index in [-0.39, 0.29) is 5.25 Å². The van der Waals surface area contributed by atoms with Crippen molar-refractivity contribution in [2.24, 2.45) is 0 Å². The molecule has 1 aliphatic rings. The summed E-state index contributed by atoms with van der Waals surface area (Å²) in [7, 11) is -3.29. The van der Waals surface area contributed by atoms with Crippen molar-refractivity contribution in [3.05, 3.63) is 74.7 Å². The minimum absolute atomic E-state index is 0.329. The molecule has 7 heteroatoms. The van der Waals surface area contributed by atoms with Crippen LogP contribution in [-0.2, 0) is 16.3 Å². The summed E-state index contributed by atoms with van der Waals surface area (Å²) in [4.78, 5) is 7.47. The zero-order valence-corrected chi connectivity index (χ0v) is 20.4. The van der Waals surface area contributed by atoms with Crippen LogP contribution < -0.4 is 4.90 Å². The van der Waals surface area contributed by atoms with Crippen LogP contribution in [0.1, 0.15) is 35.2 Å². The van der Waals surface area contributed by atoms with Crippen molar-refractivity contribution in [3.8, 4) is 0 Å². The molecular formula is C23H25BrN2O2S2. The van der Waals surface area contributed by atoms with Gasteiger partial charge >= 0.3 is 0 Å². The Kier molecular flexibility index (Phi) is 6.32. The minimum Gasteiger partial charge on any atom is -0.348 e. The van der Waals surface area contributed by atoms with Gasteiger partial charge in [0.1, 0.15) is 0 Å². The third-order valence-corrected chi connectivity index (χ3v) is 9.26. The Balaban J connectivity index is 1.40. The molecule has 0 amide bonds. The SMILES string of the molecule is Cc1cc(C)cc(Cc2csc(N3CCC(S(=O)(=O)c4ccc(Br)cc4)CC3)n2)c1. The summed E-state index contributed by atoms with van der Waals surface area (Å²) < 4.78 is 26.8. The predicted octanol–water partition coefficient (Wildman–Crippen LogP) is 5.56. The molecule has 0 N–H and O–H groups in total. The second-order valence-electron chi connectivity index (χ2n) is 7.98. The molecule has 1 saturated heterocycles. The zero-order chi connectivity index (χ0) is 21.3. The summed E-state index contributed by atoms with van der Waals surface area (Å²) >= 11 is 5.01. The van der Waals surface area contributed by atoms with Crippen molar-refractivity contribution in [2.75, 3.05) is 18.0 Å². The standard InChI is InChI=1S/C23H25BrN2O2S2/c1-16-11-17(2)13-18(12-16)14-20-15-29-23(25-20)26-9-7-22(8-10-26)30(27,28)21-5-3-19(24)4-6-21/h3-6,11-13,15,22H,7-10,14H2,1-2H3. The molecule has 0 saturated carbocycles. The molecule has 4 rings (SSSR count). The fourth-order valence-corrected chi connectivity index (χ4v) is 6.95. The Labute approximate surface area is 191 Å². The molecule has 1 aliphatic heterocycles. The monoisotopic (exact) mass is 504 g/mol. The topological polar surface area (TPSA) is 50.3 Å². The van der Waals surface area contributed by atoms with Crippen molar-refractivity contribution in [1.82, 2.24) is 4.98 Å². The first kappa shape index (κ1) is 21.5. The quantitative estimate of drug-likeness (QED) is 0.456. The number of aromatic nitrogens is 1. The van der Waals surface area contributed by atoms with Gasteiger partial charge in [0.25, 0.3) is 0 Å². The Bertz CT molecular complexity index is 1110. The first-order valence-corrected chi connectivity index (χ1v) is 13.3. The number of rotatable bonds is 5. The normalized spacial score (nSPS) is 15.5. The number of aryl methyl sites for hydroxylation is 2. The van der Waals surface area contributed by atoms with E-state index in [1.54, 1.807) is 35.6 Å². The highest BCUT2D eigenvalue weighted by Gasteiger charge is 2.32. The molecule has 1 fully saturated rings. The average Bonchev–Trinajstić information content (AvgIpc) is 3.16. The molecule has 0 spiro atoms. The molecule has 0 bridgehead atoms.